The summed E-state index contributed by atoms with van der Waals surface area (Å²) in [6.07, 6.45) is 1.01. The zero-order chi connectivity index (χ0) is 21.0. The zero-order valence-electron chi connectivity index (χ0n) is 17.1. The summed E-state index contributed by atoms with van der Waals surface area (Å²) >= 11 is 0. The van der Waals surface area contributed by atoms with Crippen LogP contribution in [0.1, 0.15) is 5.56 Å². The van der Waals surface area contributed by atoms with Crippen LogP contribution in [0, 0.1) is 6.92 Å². The van der Waals surface area contributed by atoms with E-state index < -0.39 is 6.17 Å². The SMILES string of the molecule is CN[C@@H]1CN(c2ccc3nc(-c4cc5cn(C)nc5c(C)c4O)ccc3n2)C[C@H]1F. The van der Waals surface area contributed by atoms with Crippen molar-refractivity contribution in [1.29, 1.82) is 0 Å². The lowest BCUT2D eigenvalue weighted by Gasteiger charge is -2.17. The van der Waals surface area contributed by atoms with E-state index in [-0.39, 0.29) is 11.8 Å². The smallest absolute Gasteiger partial charge is 0.134 e. The number of alkyl halides is 1. The molecule has 7 nitrogen and oxygen atoms in total. The molecule has 3 aromatic heterocycles. The summed E-state index contributed by atoms with van der Waals surface area (Å²) in [5.74, 6) is 0.926. The van der Waals surface area contributed by atoms with Crippen molar-refractivity contribution in [2.24, 2.45) is 7.05 Å². The molecule has 2 N–H and O–H groups in total. The number of anilines is 1. The van der Waals surface area contributed by atoms with Gasteiger partial charge in [0.2, 0.25) is 0 Å². The van der Waals surface area contributed by atoms with E-state index in [9.17, 15) is 9.50 Å². The lowest BCUT2D eigenvalue weighted by Crippen LogP contribution is -2.34. The third-order valence-electron chi connectivity index (χ3n) is 5.87. The Kier molecular flexibility index (Phi) is 4.32. The van der Waals surface area contributed by atoms with Gasteiger partial charge in [-0.25, -0.2) is 14.4 Å². The van der Waals surface area contributed by atoms with E-state index in [4.69, 9.17) is 4.98 Å². The third kappa shape index (κ3) is 2.95. The van der Waals surface area contributed by atoms with Crippen LogP contribution in [0.5, 0.6) is 5.75 Å². The van der Waals surface area contributed by atoms with Gasteiger partial charge in [0, 0.05) is 36.3 Å². The molecule has 0 radical (unpaired) electrons. The molecule has 154 valence electrons. The van der Waals surface area contributed by atoms with Crippen LogP contribution in [0.3, 0.4) is 0 Å². The number of hydrogen-bond donors (Lipinski definition) is 2. The van der Waals surface area contributed by atoms with Gasteiger partial charge in [0.1, 0.15) is 17.7 Å². The highest BCUT2D eigenvalue weighted by Gasteiger charge is 2.32. The molecule has 8 heteroatoms. The van der Waals surface area contributed by atoms with E-state index >= 15 is 0 Å². The van der Waals surface area contributed by atoms with Crippen LogP contribution in [-0.2, 0) is 7.05 Å². The fourth-order valence-corrected chi connectivity index (χ4v) is 4.19. The van der Waals surface area contributed by atoms with Crippen LogP contribution in [0.15, 0.2) is 36.5 Å². The summed E-state index contributed by atoms with van der Waals surface area (Å²) in [4.78, 5) is 11.4. The molecule has 0 unspecified atom stereocenters. The number of pyridine rings is 2. The number of hydrogen-bond acceptors (Lipinski definition) is 6. The number of fused-ring (bicyclic) bond motifs is 2. The van der Waals surface area contributed by atoms with Gasteiger partial charge in [-0.1, -0.05) is 0 Å². The van der Waals surface area contributed by atoms with Gasteiger partial charge in [0.25, 0.3) is 0 Å². The molecule has 1 aliphatic heterocycles. The average molecular weight is 406 g/mol. The number of aromatic hydroxyl groups is 1. The van der Waals surface area contributed by atoms with E-state index in [0.29, 0.717) is 24.3 Å². The summed E-state index contributed by atoms with van der Waals surface area (Å²) in [6.45, 7) is 2.77. The second kappa shape index (κ2) is 6.91. The van der Waals surface area contributed by atoms with Gasteiger partial charge in [0.15, 0.2) is 0 Å². The largest absolute Gasteiger partial charge is 0.507 e. The number of aryl methyl sites for hydroxylation is 2. The third-order valence-corrected chi connectivity index (χ3v) is 5.87. The molecule has 4 heterocycles. The van der Waals surface area contributed by atoms with Gasteiger partial charge in [-0.3, -0.25) is 4.68 Å². The number of benzene rings is 1. The van der Waals surface area contributed by atoms with Gasteiger partial charge in [0.05, 0.1) is 34.8 Å². The lowest BCUT2D eigenvalue weighted by atomic mass is 10.0. The molecule has 1 saturated heterocycles. The predicted molar refractivity (Wildman–Crippen MR) is 116 cm³/mol. The molecule has 1 aromatic carbocycles. The molecule has 1 fully saturated rings. The summed E-state index contributed by atoms with van der Waals surface area (Å²) in [5, 5.41) is 19.1. The van der Waals surface area contributed by atoms with E-state index in [2.05, 4.69) is 15.4 Å². The first kappa shape index (κ1) is 18.7. The molecular formula is C22H23FN6O. The Labute approximate surface area is 173 Å². The summed E-state index contributed by atoms with van der Waals surface area (Å²) in [7, 11) is 3.64. The first-order valence-electron chi connectivity index (χ1n) is 9.95. The van der Waals surface area contributed by atoms with Gasteiger partial charge < -0.3 is 15.3 Å². The quantitative estimate of drug-likeness (QED) is 0.545. The van der Waals surface area contributed by atoms with Crippen LogP contribution in [-0.4, -0.2) is 57.2 Å². The molecule has 0 amide bonds. The van der Waals surface area contributed by atoms with Crippen LogP contribution in [0.4, 0.5) is 10.2 Å². The Balaban J connectivity index is 1.53. The minimum Gasteiger partial charge on any atom is -0.507 e. The normalized spacial score (nSPS) is 19.3. The fraction of sp³-hybridized carbons (Fsp3) is 0.318. The van der Waals surface area contributed by atoms with Crippen molar-refractivity contribution in [3.8, 4) is 17.0 Å². The Hall–Kier alpha value is -3.26. The fourth-order valence-electron chi connectivity index (χ4n) is 4.19. The van der Waals surface area contributed by atoms with Crippen molar-refractivity contribution < 1.29 is 9.50 Å². The number of phenolic OH excluding ortho intramolecular Hbond substituents is 1. The molecule has 5 rings (SSSR count). The molecular weight excluding hydrogens is 383 g/mol. The van der Waals surface area contributed by atoms with Crippen molar-refractivity contribution >= 4 is 27.8 Å². The van der Waals surface area contributed by atoms with Crippen LogP contribution in [0.2, 0.25) is 0 Å². The van der Waals surface area contributed by atoms with E-state index in [0.717, 1.165) is 33.3 Å². The van der Waals surface area contributed by atoms with Crippen molar-refractivity contribution in [3.05, 3.63) is 42.1 Å². The maximum absolute atomic E-state index is 14.1. The second-order valence-electron chi connectivity index (χ2n) is 7.86. The molecule has 30 heavy (non-hydrogen) atoms. The van der Waals surface area contributed by atoms with Crippen molar-refractivity contribution in [2.45, 2.75) is 19.1 Å². The molecule has 4 aromatic rings. The van der Waals surface area contributed by atoms with Crippen LogP contribution >= 0.6 is 0 Å². The van der Waals surface area contributed by atoms with Crippen molar-refractivity contribution in [3.63, 3.8) is 0 Å². The molecule has 0 bridgehead atoms. The number of phenols is 1. The Morgan fingerprint density at radius 2 is 1.90 bits per heavy atom. The van der Waals surface area contributed by atoms with Crippen LogP contribution in [0.25, 0.3) is 33.2 Å². The maximum Gasteiger partial charge on any atom is 0.134 e. The van der Waals surface area contributed by atoms with Gasteiger partial charge in [-0.2, -0.15) is 5.10 Å². The minimum atomic E-state index is -0.915. The first-order valence-corrected chi connectivity index (χ1v) is 9.95. The molecule has 1 aliphatic rings. The number of aromatic nitrogens is 4. The average Bonchev–Trinajstić information content (AvgIpc) is 3.31. The highest BCUT2D eigenvalue weighted by molar-refractivity contribution is 5.91. The Bertz CT molecular complexity index is 1270. The predicted octanol–water partition coefficient (Wildman–Crippen LogP) is 2.94. The lowest BCUT2D eigenvalue weighted by molar-refractivity contribution is 0.310. The topological polar surface area (TPSA) is 79.1 Å². The van der Waals surface area contributed by atoms with E-state index in [1.807, 2.05) is 55.4 Å². The summed E-state index contributed by atoms with van der Waals surface area (Å²) in [6, 6.07) is 9.24. The van der Waals surface area contributed by atoms with Gasteiger partial charge >= 0.3 is 0 Å². The second-order valence-corrected chi connectivity index (χ2v) is 7.86. The number of halogens is 1. The molecule has 2 atom stereocenters. The monoisotopic (exact) mass is 406 g/mol. The van der Waals surface area contributed by atoms with Crippen LogP contribution < -0.4 is 10.2 Å². The number of rotatable bonds is 3. The Morgan fingerprint density at radius 3 is 2.67 bits per heavy atom. The zero-order valence-corrected chi connectivity index (χ0v) is 17.1. The van der Waals surface area contributed by atoms with Crippen molar-refractivity contribution in [2.75, 3.05) is 25.0 Å². The highest BCUT2D eigenvalue weighted by Crippen LogP contribution is 2.36. The number of nitrogens with zero attached hydrogens (tertiary/aromatic N) is 5. The maximum atomic E-state index is 14.1. The van der Waals surface area contributed by atoms with Crippen molar-refractivity contribution in [1.82, 2.24) is 25.1 Å². The van der Waals surface area contributed by atoms with Gasteiger partial charge in [-0.15, -0.1) is 0 Å². The number of likely N-dealkylation sites (N-methyl/N-ethyl adjacent to an activating group) is 1. The highest BCUT2D eigenvalue weighted by atomic mass is 19.1. The van der Waals surface area contributed by atoms with E-state index in [1.165, 1.54) is 0 Å². The molecule has 0 spiro atoms. The van der Waals surface area contributed by atoms with Gasteiger partial charge in [-0.05, 0) is 44.3 Å². The summed E-state index contributed by atoms with van der Waals surface area (Å²) < 4.78 is 15.8. The molecule has 0 aliphatic carbocycles. The van der Waals surface area contributed by atoms with E-state index in [1.54, 1.807) is 11.7 Å². The minimum absolute atomic E-state index is 0.182. The first-order chi connectivity index (χ1) is 14.4. The number of nitrogens with one attached hydrogen (secondary N) is 1. The molecule has 0 saturated carbocycles. The Morgan fingerprint density at radius 1 is 1.13 bits per heavy atom. The standard InChI is InChI=1S/C22H23FN6O/c1-12-21-13(9-28(3)27-21)8-14(22(12)30)16-4-5-18-17(25-16)6-7-20(26-18)29-10-15(23)19(11-29)24-2/h4-9,15,19,24,30H,10-11H2,1-3H3/t15-,19-/m1/s1. The summed E-state index contributed by atoms with van der Waals surface area (Å²) in [5.41, 5.74) is 4.30.